The summed E-state index contributed by atoms with van der Waals surface area (Å²) in [5, 5.41) is 14.4. The molecule has 5 nitrogen and oxygen atoms in total. The number of aromatic nitrogens is 1. The Hall–Kier alpha value is -2.73. The maximum absolute atomic E-state index is 12.9. The lowest BCUT2D eigenvalue weighted by molar-refractivity contribution is 0.0956. The van der Waals surface area contributed by atoms with Gasteiger partial charge in [0.1, 0.15) is 5.75 Å². The molecule has 1 aliphatic rings. The summed E-state index contributed by atoms with van der Waals surface area (Å²) in [6, 6.07) is 14.3. The van der Waals surface area contributed by atoms with Gasteiger partial charge in [0.2, 0.25) is 0 Å². The summed E-state index contributed by atoms with van der Waals surface area (Å²) in [5.74, 6) is 0.379. The Morgan fingerprint density at radius 2 is 1.93 bits per heavy atom. The van der Waals surface area contributed by atoms with E-state index < -0.39 is 0 Å². The lowest BCUT2D eigenvalue weighted by Gasteiger charge is -2.09. The van der Waals surface area contributed by atoms with E-state index in [1.54, 1.807) is 24.3 Å². The van der Waals surface area contributed by atoms with E-state index in [2.05, 4.69) is 26.5 Å². The van der Waals surface area contributed by atoms with E-state index in [-0.39, 0.29) is 11.7 Å². The number of hydrogen-bond acceptors (Lipinski definition) is 4. The van der Waals surface area contributed by atoms with Crippen LogP contribution >= 0.6 is 15.9 Å². The Balaban J connectivity index is 1.66. The minimum Gasteiger partial charge on any atom is -0.508 e. The van der Waals surface area contributed by atoms with Crippen molar-refractivity contribution in [1.29, 1.82) is 0 Å². The molecule has 1 aliphatic carbocycles. The Morgan fingerprint density at radius 1 is 1.19 bits per heavy atom. The van der Waals surface area contributed by atoms with Crippen molar-refractivity contribution in [3.63, 3.8) is 0 Å². The third-order valence-corrected chi connectivity index (χ3v) is 5.13. The smallest absolute Gasteiger partial charge is 0.272 e. The van der Waals surface area contributed by atoms with E-state index in [9.17, 15) is 9.90 Å². The third kappa shape index (κ3) is 3.85. The number of rotatable bonds is 4. The molecule has 1 amide bonds. The summed E-state index contributed by atoms with van der Waals surface area (Å²) >= 11 is 3.47. The lowest BCUT2D eigenvalue weighted by Crippen LogP contribution is -2.20. The van der Waals surface area contributed by atoms with Crippen LogP contribution < -0.4 is 5.43 Å². The third-order valence-electron chi connectivity index (χ3n) is 4.64. The Labute approximate surface area is 165 Å². The zero-order valence-corrected chi connectivity index (χ0v) is 16.3. The molecule has 2 aromatic carbocycles. The molecular weight excluding hydrogens is 406 g/mol. The number of carbonyl (C=O) groups excluding carboxylic acids is 1. The molecule has 4 rings (SSSR count). The van der Waals surface area contributed by atoms with Crippen LogP contribution in [-0.2, 0) is 0 Å². The largest absolute Gasteiger partial charge is 0.508 e. The number of fused-ring (bicyclic) bond motifs is 1. The lowest BCUT2D eigenvalue weighted by atomic mass is 10.1. The summed E-state index contributed by atoms with van der Waals surface area (Å²) < 4.78 is 0.897. The second kappa shape index (κ2) is 7.12. The number of nitrogens with zero attached hydrogens (tertiary/aromatic N) is 2. The molecule has 1 saturated carbocycles. The van der Waals surface area contributed by atoms with Crippen LogP contribution in [0.2, 0.25) is 0 Å². The van der Waals surface area contributed by atoms with Crippen LogP contribution in [0.15, 0.2) is 58.1 Å². The number of carbonyl (C=O) groups is 1. The predicted molar refractivity (Wildman–Crippen MR) is 109 cm³/mol. The molecule has 0 bridgehead atoms. The Morgan fingerprint density at radius 3 is 2.63 bits per heavy atom. The summed E-state index contributed by atoms with van der Waals surface area (Å²) in [7, 11) is 0. The van der Waals surface area contributed by atoms with Gasteiger partial charge in [-0.25, -0.2) is 5.43 Å². The van der Waals surface area contributed by atoms with Crippen molar-refractivity contribution in [1.82, 2.24) is 10.4 Å². The van der Waals surface area contributed by atoms with E-state index in [4.69, 9.17) is 4.98 Å². The van der Waals surface area contributed by atoms with Crippen molar-refractivity contribution >= 4 is 38.5 Å². The molecular formula is C21H18BrN3O2. The summed E-state index contributed by atoms with van der Waals surface area (Å²) in [5.41, 5.74) is 6.49. The fraction of sp³-hybridized carbons (Fsp3) is 0.190. The van der Waals surface area contributed by atoms with Crippen molar-refractivity contribution in [2.75, 3.05) is 0 Å². The number of phenolic OH excluding ortho intramolecular Hbond substituents is 1. The number of phenols is 1. The quantitative estimate of drug-likeness (QED) is 0.470. The number of halogens is 1. The van der Waals surface area contributed by atoms with Crippen LogP contribution in [0.1, 0.15) is 47.3 Å². The van der Waals surface area contributed by atoms with Gasteiger partial charge < -0.3 is 5.11 Å². The monoisotopic (exact) mass is 423 g/mol. The second-order valence-corrected chi connectivity index (χ2v) is 7.63. The highest BCUT2D eigenvalue weighted by atomic mass is 79.9. The molecule has 6 heteroatoms. The number of amides is 1. The first kappa shape index (κ1) is 17.7. The minimum absolute atomic E-state index is 0.192. The Kier molecular flexibility index (Phi) is 4.66. The molecule has 2 N–H and O–H groups in total. The van der Waals surface area contributed by atoms with Crippen LogP contribution in [-0.4, -0.2) is 21.7 Å². The molecule has 136 valence electrons. The molecule has 3 aromatic rings. The van der Waals surface area contributed by atoms with Gasteiger partial charge >= 0.3 is 0 Å². The summed E-state index contributed by atoms with van der Waals surface area (Å²) in [6.45, 7) is 1.81. The normalized spacial score (nSPS) is 14.4. The molecule has 27 heavy (non-hydrogen) atoms. The topological polar surface area (TPSA) is 74.6 Å². The number of hydrogen-bond donors (Lipinski definition) is 2. The first-order valence-corrected chi connectivity index (χ1v) is 9.55. The molecule has 0 saturated heterocycles. The zero-order valence-electron chi connectivity index (χ0n) is 14.7. The highest BCUT2D eigenvalue weighted by Crippen LogP contribution is 2.40. The molecule has 1 heterocycles. The first-order chi connectivity index (χ1) is 13.0. The number of nitrogens with one attached hydrogen (secondary N) is 1. The van der Waals surface area contributed by atoms with Crippen LogP contribution in [0.4, 0.5) is 0 Å². The first-order valence-electron chi connectivity index (χ1n) is 8.75. The minimum atomic E-state index is -0.263. The number of pyridine rings is 1. The van der Waals surface area contributed by atoms with Gasteiger partial charge in [-0.05, 0) is 73.9 Å². The van der Waals surface area contributed by atoms with E-state index >= 15 is 0 Å². The maximum Gasteiger partial charge on any atom is 0.272 e. The van der Waals surface area contributed by atoms with Crippen molar-refractivity contribution in [2.24, 2.45) is 5.10 Å². The predicted octanol–water partition coefficient (Wildman–Crippen LogP) is 4.73. The number of aromatic hydroxyl groups is 1. The van der Waals surface area contributed by atoms with E-state index in [0.29, 0.717) is 17.2 Å². The molecule has 0 aliphatic heterocycles. The van der Waals surface area contributed by atoms with Crippen molar-refractivity contribution in [2.45, 2.75) is 25.7 Å². The SMILES string of the molecule is CC(=NNC(=O)c1cc(C2CC2)nc2ccc(Br)cc12)c1ccc(O)cc1. The molecule has 0 radical (unpaired) electrons. The number of hydrazone groups is 1. The van der Waals surface area contributed by atoms with Gasteiger partial charge in [0.05, 0.1) is 16.8 Å². The highest BCUT2D eigenvalue weighted by Gasteiger charge is 2.27. The van der Waals surface area contributed by atoms with Crippen LogP contribution in [0.5, 0.6) is 5.75 Å². The second-order valence-electron chi connectivity index (χ2n) is 6.72. The fourth-order valence-corrected chi connectivity index (χ4v) is 3.32. The van der Waals surface area contributed by atoms with Gasteiger partial charge in [-0.1, -0.05) is 15.9 Å². The summed E-state index contributed by atoms with van der Waals surface area (Å²) in [6.07, 6.45) is 2.24. The zero-order chi connectivity index (χ0) is 19.0. The fourth-order valence-electron chi connectivity index (χ4n) is 2.96. The van der Waals surface area contributed by atoms with Gasteiger partial charge in [-0.15, -0.1) is 0 Å². The van der Waals surface area contributed by atoms with Gasteiger partial charge in [0, 0.05) is 21.5 Å². The van der Waals surface area contributed by atoms with Gasteiger partial charge in [0.25, 0.3) is 5.91 Å². The van der Waals surface area contributed by atoms with Gasteiger partial charge in [0.15, 0.2) is 0 Å². The van der Waals surface area contributed by atoms with Gasteiger partial charge in [-0.3, -0.25) is 9.78 Å². The van der Waals surface area contributed by atoms with Crippen molar-refractivity contribution < 1.29 is 9.90 Å². The van der Waals surface area contributed by atoms with Crippen LogP contribution in [0, 0.1) is 0 Å². The van der Waals surface area contributed by atoms with Gasteiger partial charge in [-0.2, -0.15) is 5.10 Å². The molecule has 0 unspecified atom stereocenters. The Bertz CT molecular complexity index is 1060. The van der Waals surface area contributed by atoms with E-state index in [1.807, 2.05) is 31.2 Å². The highest BCUT2D eigenvalue weighted by molar-refractivity contribution is 9.10. The van der Waals surface area contributed by atoms with E-state index in [0.717, 1.165) is 39.5 Å². The van der Waals surface area contributed by atoms with Crippen LogP contribution in [0.25, 0.3) is 10.9 Å². The average molecular weight is 424 g/mol. The van der Waals surface area contributed by atoms with Crippen molar-refractivity contribution in [3.8, 4) is 5.75 Å². The summed E-state index contributed by atoms with van der Waals surface area (Å²) in [4.78, 5) is 17.6. The molecule has 1 aromatic heterocycles. The molecule has 0 atom stereocenters. The van der Waals surface area contributed by atoms with Crippen LogP contribution in [0.3, 0.4) is 0 Å². The van der Waals surface area contributed by atoms with E-state index in [1.165, 1.54) is 0 Å². The number of benzene rings is 2. The van der Waals surface area contributed by atoms with Crippen molar-refractivity contribution in [3.05, 3.63) is 69.8 Å². The standard InChI is InChI=1S/C21H18BrN3O2/c1-12(13-4-7-16(26)8-5-13)24-25-21(27)18-11-20(14-2-3-14)23-19-9-6-15(22)10-17(18)19/h4-11,14,26H,2-3H2,1H3,(H,25,27). The maximum atomic E-state index is 12.9. The molecule has 0 spiro atoms. The average Bonchev–Trinajstić information content (AvgIpc) is 3.51. The molecule has 1 fully saturated rings.